The lowest BCUT2D eigenvalue weighted by molar-refractivity contribution is -0.107. The van der Waals surface area contributed by atoms with Crippen LogP contribution in [0.1, 0.15) is 24.8 Å². The van der Waals surface area contributed by atoms with Gasteiger partial charge in [0.25, 0.3) is 0 Å². The van der Waals surface area contributed by atoms with Crippen molar-refractivity contribution in [2.24, 2.45) is 0 Å². The Morgan fingerprint density at radius 2 is 2.00 bits per heavy atom. The zero-order valence-corrected chi connectivity index (χ0v) is 9.86. The number of carbonyl (C=O) groups is 1. The van der Waals surface area contributed by atoms with E-state index in [4.69, 9.17) is 9.47 Å². The lowest BCUT2D eigenvalue weighted by Crippen LogP contribution is -1.94. The topological polar surface area (TPSA) is 35.5 Å². The normalized spacial score (nSPS) is 9.88. The highest BCUT2D eigenvalue weighted by Gasteiger charge is 2.04. The number of hydrogen-bond donors (Lipinski definition) is 0. The smallest absolute Gasteiger partial charge is 0.125 e. The summed E-state index contributed by atoms with van der Waals surface area (Å²) in [6.45, 7) is 0. The highest BCUT2D eigenvalue weighted by Crippen LogP contribution is 2.25. The van der Waals surface area contributed by atoms with Gasteiger partial charge in [-0.15, -0.1) is 0 Å². The fourth-order valence-corrected chi connectivity index (χ4v) is 1.60. The molecular weight excluding hydrogens is 204 g/mol. The Kier molecular flexibility index (Phi) is 5.40. The van der Waals surface area contributed by atoms with Gasteiger partial charge >= 0.3 is 0 Å². The number of aldehydes is 1. The molecule has 0 heterocycles. The molecule has 0 aliphatic heterocycles. The van der Waals surface area contributed by atoms with Gasteiger partial charge in [0.1, 0.15) is 17.8 Å². The van der Waals surface area contributed by atoms with Gasteiger partial charge in [0.2, 0.25) is 0 Å². The quantitative estimate of drug-likeness (QED) is 0.525. The molecule has 0 amide bonds. The first-order valence-corrected chi connectivity index (χ1v) is 5.46. The van der Waals surface area contributed by atoms with Crippen LogP contribution in [0.5, 0.6) is 11.5 Å². The van der Waals surface area contributed by atoms with E-state index in [0.29, 0.717) is 6.42 Å². The number of hydrogen-bond acceptors (Lipinski definition) is 3. The van der Waals surface area contributed by atoms with E-state index in [1.54, 1.807) is 14.2 Å². The molecule has 0 bridgehead atoms. The molecule has 0 saturated carbocycles. The standard InChI is InChI=1S/C13H18O3/c1-15-12-8-7-11(13(10-12)16-2)6-4-3-5-9-14/h7-10H,3-6H2,1-2H3. The number of rotatable bonds is 7. The lowest BCUT2D eigenvalue weighted by atomic mass is 10.1. The maximum atomic E-state index is 10.2. The molecule has 1 aromatic rings. The van der Waals surface area contributed by atoms with Gasteiger partial charge in [-0.3, -0.25) is 0 Å². The second-order valence-corrected chi connectivity index (χ2v) is 3.59. The fourth-order valence-electron chi connectivity index (χ4n) is 1.60. The first-order valence-electron chi connectivity index (χ1n) is 5.46. The van der Waals surface area contributed by atoms with Crippen molar-refractivity contribution in [2.75, 3.05) is 14.2 Å². The van der Waals surface area contributed by atoms with Gasteiger partial charge in [0.15, 0.2) is 0 Å². The number of unbranched alkanes of at least 4 members (excludes halogenated alkanes) is 2. The fraction of sp³-hybridized carbons (Fsp3) is 0.462. The molecule has 0 aliphatic carbocycles. The average Bonchev–Trinajstić information content (AvgIpc) is 2.34. The van der Waals surface area contributed by atoms with Crippen LogP contribution in [0.2, 0.25) is 0 Å². The Balaban J connectivity index is 2.60. The highest BCUT2D eigenvalue weighted by atomic mass is 16.5. The van der Waals surface area contributed by atoms with E-state index in [2.05, 4.69) is 0 Å². The minimum Gasteiger partial charge on any atom is -0.497 e. The molecule has 1 rings (SSSR count). The number of ether oxygens (including phenoxy) is 2. The molecule has 0 aliphatic rings. The van der Waals surface area contributed by atoms with Gasteiger partial charge in [-0.25, -0.2) is 0 Å². The SMILES string of the molecule is COc1ccc(CCCCC=O)c(OC)c1. The summed E-state index contributed by atoms with van der Waals surface area (Å²) in [5.74, 6) is 1.65. The van der Waals surface area contributed by atoms with Gasteiger partial charge in [-0.05, 0) is 30.9 Å². The third-order valence-corrected chi connectivity index (χ3v) is 2.51. The molecule has 0 fully saturated rings. The third-order valence-electron chi connectivity index (χ3n) is 2.51. The second kappa shape index (κ2) is 6.88. The van der Waals surface area contributed by atoms with Crippen molar-refractivity contribution in [1.29, 1.82) is 0 Å². The van der Waals surface area contributed by atoms with Crippen LogP contribution in [0.25, 0.3) is 0 Å². The van der Waals surface area contributed by atoms with E-state index in [0.717, 1.165) is 42.6 Å². The summed E-state index contributed by atoms with van der Waals surface area (Å²) in [7, 11) is 3.29. The molecule has 0 N–H and O–H groups in total. The Morgan fingerprint density at radius 3 is 2.62 bits per heavy atom. The first-order chi connectivity index (χ1) is 7.81. The van der Waals surface area contributed by atoms with E-state index >= 15 is 0 Å². The van der Waals surface area contributed by atoms with Crippen LogP contribution in [-0.4, -0.2) is 20.5 Å². The minimum atomic E-state index is 0.637. The van der Waals surface area contributed by atoms with Crippen LogP contribution in [0.4, 0.5) is 0 Å². The third kappa shape index (κ3) is 3.57. The molecule has 3 heteroatoms. The van der Waals surface area contributed by atoms with E-state index in [1.165, 1.54) is 0 Å². The van der Waals surface area contributed by atoms with E-state index < -0.39 is 0 Å². The van der Waals surface area contributed by atoms with Crippen LogP contribution in [0.15, 0.2) is 18.2 Å². The average molecular weight is 222 g/mol. The summed E-state index contributed by atoms with van der Waals surface area (Å²) in [4.78, 5) is 10.2. The van der Waals surface area contributed by atoms with E-state index in [-0.39, 0.29) is 0 Å². The molecule has 3 nitrogen and oxygen atoms in total. The summed E-state index contributed by atoms with van der Waals surface area (Å²) in [6.07, 6.45) is 4.46. The zero-order valence-electron chi connectivity index (χ0n) is 9.86. The van der Waals surface area contributed by atoms with Crippen LogP contribution < -0.4 is 9.47 Å². The van der Waals surface area contributed by atoms with Crippen LogP contribution >= 0.6 is 0 Å². The van der Waals surface area contributed by atoms with Crippen molar-refractivity contribution in [3.05, 3.63) is 23.8 Å². The van der Waals surface area contributed by atoms with Gasteiger partial charge < -0.3 is 14.3 Å². The zero-order chi connectivity index (χ0) is 11.8. The molecule has 88 valence electrons. The van der Waals surface area contributed by atoms with Crippen LogP contribution in [0.3, 0.4) is 0 Å². The Labute approximate surface area is 96.4 Å². The maximum absolute atomic E-state index is 10.2. The second-order valence-electron chi connectivity index (χ2n) is 3.59. The summed E-state index contributed by atoms with van der Waals surface area (Å²) >= 11 is 0. The van der Waals surface area contributed by atoms with E-state index in [1.807, 2.05) is 18.2 Å². The number of carbonyl (C=O) groups excluding carboxylic acids is 1. The van der Waals surface area contributed by atoms with Crippen molar-refractivity contribution in [3.63, 3.8) is 0 Å². The number of benzene rings is 1. The molecule has 1 aromatic carbocycles. The number of methoxy groups -OCH3 is 2. The summed E-state index contributed by atoms with van der Waals surface area (Å²) < 4.78 is 10.4. The van der Waals surface area contributed by atoms with Gasteiger partial charge in [-0.1, -0.05) is 6.07 Å². The van der Waals surface area contributed by atoms with Crippen molar-refractivity contribution in [3.8, 4) is 11.5 Å². The van der Waals surface area contributed by atoms with Crippen LogP contribution in [-0.2, 0) is 11.2 Å². The molecule has 0 radical (unpaired) electrons. The van der Waals surface area contributed by atoms with E-state index in [9.17, 15) is 4.79 Å². The molecule has 16 heavy (non-hydrogen) atoms. The molecule has 0 aromatic heterocycles. The predicted molar refractivity (Wildman–Crippen MR) is 63.2 cm³/mol. The van der Waals surface area contributed by atoms with Gasteiger partial charge in [0, 0.05) is 12.5 Å². The predicted octanol–water partition coefficient (Wildman–Crippen LogP) is 2.62. The Hall–Kier alpha value is -1.51. The minimum absolute atomic E-state index is 0.637. The van der Waals surface area contributed by atoms with Crippen molar-refractivity contribution in [1.82, 2.24) is 0 Å². The van der Waals surface area contributed by atoms with Gasteiger partial charge in [0.05, 0.1) is 14.2 Å². The molecule has 0 unspecified atom stereocenters. The lowest BCUT2D eigenvalue weighted by Gasteiger charge is -2.09. The largest absolute Gasteiger partial charge is 0.497 e. The molecule has 0 atom stereocenters. The van der Waals surface area contributed by atoms with Crippen molar-refractivity contribution in [2.45, 2.75) is 25.7 Å². The Morgan fingerprint density at radius 1 is 1.19 bits per heavy atom. The summed E-state index contributed by atoms with van der Waals surface area (Å²) in [5.41, 5.74) is 1.16. The first kappa shape index (κ1) is 12.6. The summed E-state index contributed by atoms with van der Waals surface area (Å²) in [6, 6.07) is 5.82. The Bertz CT molecular complexity index is 334. The highest BCUT2D eigenvalue weighted by molar-refractivity contribution is 5.49. The summed E-state index contributed by atoms with van der Waals surface area (Å²) in [5, 5.41) is 0. The van der Waals surface area contributed by atoms with Crippen molar-refractivity contribution < 1.29 is 14.3 Å². The molecule has 0 spiro atoms. The number of aryl methyl sites for hydroxylation is 1. The molecule has 0 saturated heterocycles. The maximum Gasteiger partial charge on any atom is 0.125 e. The monoisotopic (exact) mass is 222 g/mol. The van der Waals surface area contributed by atoms with Gasteiger partial charge in [-0.2, -0.15) is 0 Å². The van der Waals surface area contributed by atoms with Crippen LogP contribution in [0, 0.1) is 0 Å². The van der Waals surface area contributed by atoms with Crippen molar-refractivity contribution >= 4 is 6.29 Å². The molecular formula is C13H18O3.